The van der Waals surface area contributed by atoms with Crippen LogP contribution in [-0.4, -0.2) is 14.5 Å². The van der Waals surface area contributed by atoms with Crippen LogP contribution in [0.1, 0.15) is 25.2 Å². The van der Waals surface area contributed by atoms with E-state index in [0.717, 1.165) is 12.1 Å². The van der Waals surface area contributed by atoms with E-state index < -0.39 is 5.82 Å². The molecule has 5 heteroatoms. The van der Waals surface area contributed by atoms with Crippen molar-refractivity contribution >= 4 is 11.2 Å². The van der Waals surface area contributed by atoms with E-state index in [1.54, 1.807) is 0 Å². The first kappa shape index (κ1) is 12.7. The molecule has 0 spiro atoms. The molecule has 0 bridgehead atoms. The molecule has 102 valence electrons. The SMILES string of the molecule is CCC(N)c1nc2cc(F)cnc2n1-c1ccccc1. The van der Waals surface area contributed by atoms with E-state index >= 15 is 0 Å². The molecule has 1 aromatic carbocycles. The predicted octanol–water partition coefficient (Wildman–Crippen LogP) is 2.97. The van der Waals surface area contributed by atoms with E-state index in [9.17, 15) is 4.39 Å². The first-order valence-electron chi connectivity index (χ1n) is 6.55. The molecule has 3 aromatic rings. The number of hydrogen-bond donors (Lipinski definition) is 1. The molecule has 1 atom stereocenters. The zero-order valence-electron chi connectivity index (χ0n) is 11.1. The fraction of sp³-hybridized carbons (Fsp3) is 0.200. The molecule has 0 saturated carbocycles. The van der Waals surface area contributed by atoms with Gasteiger partial charge in [0.15, 0.2) is 5.65 Å². The third kappa shape index (κ3) is 2.06. The maximum atomic E-state index is 13.3. The van der Waals surface area contributed by atoms with Crippen LogP contribution in [0.2, 0.25) is 0 Å². The number of halogens is 1. The first-order valence-corrected chi connectivity index (χ1v) is 6.55. The van der Waals surface area contributed by atoms with Gasteiger partial charge >= 0.3 is 0 Å². The van der Waals surface area contributed by atoms with Crippen molar-refractivity contribution in [3.8, 4) is 5.69 Å². The van der Waals surface area contributed by atoms with Crippen LogP contribution < -0.4 is 5.73 Å². The number of benzene rings is 1. The number of imidazole rings is 1. The molecule has 1 unspecified atom stereocenters. The lowest BCUT2D eigenvalue weighted by Gasteiger charge is -2.12. The van der Waals surface area contributed by atoms with Gasteiger partial charge < -0.3 is 5.73 Å². The van der Waals surface area contributed by atoms with E-state index in [0.29, 0.717) is 17.0 Å². The second-order valence-electron chi connectivity index (χ2n) is 4.65. The van der Waals surface area contributed by atoms with Gasteiger partial charge in [0, 0.05) is 11.8 Å². The Morgan fingerprint density at radius 1 is 1.30 bits per heavy atom. The predicted molar refractivity (Wildman–Crippen MR) is 76.0 cm³/mol. The van der Waals surface area contributed by atoms with Crippen LogP contribution in [0.4, 0.5) is 4.39 Å². The van der Waals surface area contributed by atoms with Gasteiger partial charge in [0.1, 0.15) is 17.2 Å². The monoisotopic (exact) mass is 270 g/mol. The first-order chi connectivity index (χ1) is 9.70. The maximum absolute atomic E-state index is 13.3. The number of para-hydroxylation sites is 1. The van der Waals surface area contributed by atoms with Crippen molar-refractivity contribution in [2.75, 3.05) is 0 Å². The summed E-state index contributed by atoms with van der Waals surface area (Å²) in [6, 6.07) is 10.9. The lowest BCUT2D eigenvalue weighted by molar-refractivity contribution is 0.623. The van der Waals surface area contributed by atoms with E-state index in [1.165, 1.54) is 12.3 Å². The van der Waals surface area contributed by atoms with Crippen molar-refractivity contribution in [1.29, 1.82) is 0 Å². The summed E-state index contributed by atoms with van der Waals surface area (Å²) in [6.07, 6.45) is 1.95. The standard InChI is InChI=1S/C15H15FN4/c1-2-12(17)14-19-13-8-10(16)9-18-15(13)20(14)11-6-4-3-5-7-11/h3-9,12H,2,17H2,1H3. The van der Waals surface area contributed by atoms with Gasteiger partial charge in [0.2, 0.25) is 0 Å². The van der Waals surface area contributed by atoms with Crippen LogP contribution in [0, 0.1) is 5.82 Å². The fourth-order valence-corrected chi connectivity index (χ4v) is 2.22. The molecule has 0 fully saturated rings. The Kier molecular flexibility index (Phi) is 3.20. The summed E-state index contributed by atoms with van der Waals surface area (Å²) in [6.45, 7) is 1.99. The third-order valence-electron chi connectivity index (χ3n) is 3.28. The minimum absolute atomic E-state index is 0.215. The summed E-state index contributed by atoms with van der Waals surface area (Å²) in [5, 5.41) is 0. The Morgan fingerprint density at radius 3 is 2.75 bits per heavy atom. The molecule has 2 heterocycles. The van der Waals surface area contributed by atoms with Crippen molar-refractivity contribution in [2.24, 2.45) is 5.73 Å². The molecule has 0 aliphatic carbocycles. The second-order valence-corrected chi connectivity index (χ2v) is 4.65. The molecular weight excluding hydrogens is 255 g/mol. The van der Waals surface area contributed by atoms with Gasteiger partial charge in [-0.1, -0.05) is 25.1 Å². The summed E-state index contributed by atoms with van der Waals surface area (Å²) in [7, 11) is 0. The van der Waals surface area contributed by atoms with Crippen LogP contribution in [-0.2, 0) is 0 Å². The largest absolute Gasteiger partial charge is 0.321 e. The summed E-state index contributed by atoms with van der Waals surface area (Å²) in [5.41, 5.74) is 8.20. The molecule has 2 aromatic heterocycles. The number of nitrogens with two attached hydrogens (primary N) is 1. The topological polar surface area (TPSA) is 56.7 Å². The molecule has 0 saturated heterocycles. The minimum Gasteiger partial charge on any atom is -0.321 e. The second kappa shape index (κ2) is 5.02. The Hall–Kier alpha value is -2.27. The number of rotatable bonds is 3. The van der Waals surface area contributed by atoms with Gasteiger partial charge in [-0.15, -0.1) is 0 Å². The summed E-state index contributed by atoms with van der Waals surface area (Å²) < 4.78 is 15.2. The lowest BCUT2D eigenvalue weighted by Crippen LogP contribution is -2.15. The van der Waals surface area contributed by atoms with Gasteiger partial charge in [-0.3, -0.25) is 4.57 Å². The van der Waals surface area contributed by atoms with Gasteiger partial charge in [-0.05, 0) is 18.6 Å². The van der Waals surface area contributed by atoms with Gasteiger partial charge in [-0.2, -0.15) is 0 Å². The van der Waals surface area contributed by atoms with Crippen LogP contribution in [0.3, 0.4) is 0 Å². The fourth-order valence-electron chi connectivity index (χ4n) is 2.22. The molecule has 0 aliphatic heterocycles. The average Bonchev–Trinajstić information content (AvgIpc) is 2.85. The molecule has 0 amide bonds. The average molecular weight is 270 g/mol. The normalized spacial score (nSPS) is 12.8. The number of fused-ring (bicyclic) bond motifs is 1. The van der Waals surface area contributed by atoms with Crippen LogP contribution >= 0.6 is 0 Å². The van der Waals surface area contributed by atoms with Crippen molar-refractivity contribution in [1.82, 2.24) is 14.5 Å². The van der Waals surface area contributed by atoms with Crippen LogP contribution in [0.25, 0.3) is 16.9 Å². The summed E-state index contributed by atoms with van der Waals surface area (Å²) in [4.78, 5) is 8.62. The Labute approximate surface area is 116 Å². The third-order valence-corrected chi connectivity index (χ3v) is 3.28. The van der Waals surface area contributed by atoms with E-state index in [4.69, 9.17) is 5.73 Å². The van der Waals surface area contributed by atoms with Crippen molar-refractivity contribution in [3.63, 3.8) is 0 Å². The molecular formula is C15H15FN4. The van der Waals surface area contributed by atoms with Gasteiger partial charge in [-0.25, -0.2) is 14.4 Å². The number of pyridine rings is 1. The van der Waals surface area contributed by atoms with Crippen molar-refractivity contribution in [2.45, 2.75) is 19.4 Å². The highest BCUT2D eigenvalue weighted by molar-refractivity contribution is 5.74. The minimum atomic E-state index is -0.396. The molecule has 0 aliphatic rings. The van der Waals surface area contributed by atoms with E-state index in [-0.39, 0.29) is 6.04 Å². The Balaban J connectivity index is 2.31. The molecule has 2 N–H and O–H groups in total. The molecule has 0 radical (unpaired) electrons. The highest BCUT2D eigenvalue weighted by Crippen LogP contribution is 2.24. The van der Waals surface area contributed by atoms with Gasteiger partial charge in [0.05, 0.1) is 12.2 Å². The van der Waals surface area contributed by atoms with E-state index in [1.807, 2.05) is 41.8 Å². The number of nitrogens with zero attached hydrogens (tertiary/aromatic N) is 3. The highest BCUT2D eigenvalue weighted by Gasteiger charge is 2.18. The zero-order chi connectivity index (χ0) is 14.1. The maximum Gasteiger partial charge on any atom is 0.164 e. The van der Waals surface area contributed by atoms with Gasteiger partial charge in [0.25, 0.3) is 0 Å². The van der Waals surface area contributed by atoms with Crippen molar-refractivity contribution < 1.29 is 4.39 Å². The smallest absolute Gasteiger partial charge is 0.164 e. The number of hydrogen-bond acceptors (Lipinski definition) is 3. The Bertz CT molecular complexity index is 736. The Morgan fingerprint density at radius 2 is 2.05 bits per heavy atom. The molecule has 4 nitrogen and oxygen atoms in total. The highest BCUT2D eigenvalue weighted by atomic mass is 19.1. The van der Waals surface area contributed by atoms with Crippen molar-refractivity contribution in [3.05, 3.63) is 54.2 Å². The summed E-state index contributed by atoms with van der Waals surface area (Å²) >= 11 is 0. The summed E-state index contributed by atoms with van der Waals surface area (Å²) in [5.74, 6) is 0.304. The molecule has 3 rings (SSSR count). The zero-order valence-corrected chi connectivity index (χ0v) is 11.1. The van der Waals surface area contributed by atoms with E-state index in [2.05, 4.69) is 9.97 Å². The lowest BCUT2D eigenvalue weighted by atomic mass is 10.2. The molecule has 20 heavy (non-hydrogen) atoms. The number of aromatic nitrogens is 3. The quantitative estimate of drug-likeness (QED) is 0.796. The van der Waals surface area contributed by atoms with Crippen LogP contribution in [0.5, 0.6) is 0 Å². The van der Waals surface area contributed by atoms with Crippen LogP contribution in [0.15, 0.2) is 42.6 Å².